The van der Waals surface area contributed by atoms with Gasteiger partial charge >= 0.3 is 5.69 Å². The minimum Gasteiger partial charge on any atom is -0.258 e. The molecule has 0 spiro atoms. The zero-order valence-electron chi connectivity index (χ0n) is 8.30. The summed E-state index contributed by atoms with van der Waals surface area (Å²) in [5.74, 6) is 0. The molecule has 0 fully saturated rings. The van der Waals surface area contributed by atoms with Crippen molar-refractivity contribution in [3.05, 3.63) is 50.3 Å². The van der Waals surface area contributed by atoms with Gasteiger partial charge in [0, 0.05) is 10.0 Å². The smallest absolute Gasteiger partial charge is 0.258 e. The van der Waals surface area contributed by atoms with Crippen molar-refractivity contribution in [2.45, 2.75) is 0 Å². The number of hydrogen-bond acceptors (Lipinski definition) is 4. The van der Waals surface area contributed by atoms with E-state index in [9.17, 15) is 10.1 Å². The minimum atomic E-state index is -0.585. The average Bonchev–Trinajstić information content (AvgIpc) is 2.28. The van der Waals surface area contributed by atoms with Crippen molar-refractivity contribution in [1.82, 2.24) is 9.97 Å². The van der Waals surface area contributed by atoms with Crippen molar-refractivity contribution >= 4 is 33.2 Å². The molecule has 1 aromatic heterocycles. The summed E-state index contributed by atoms with van der Waals surface area (Å²) in [6.07, 6.45) is 1.20. The summed E-state index contributed by atoms with van der Waals surface area (Å²) in [4.78, 5) is 17.9. The SMILES string of the molecule is O=[N+]([O-])c1c(Cl)ncnc1-c1cccc(Br)c1. The Morgan fingerprint density at radius 1 is 1.35 bits per heavy atom. The number of benzene rings is 1. The predicted molar refractivity (Wildman–Crippen MR) is 66.8 cm³/mol. The van der Waals surface area contributed by atoms with Crippen LogP contribution in [0.1, 0.15) is 0 Å². The lowest BCUT2D eigenvalue weighted by Gasteiger charge is -2.03. The van der Waals surface area contributed by atoms with Crippen LogP contribution in [-0.4, -0.2) is 14.9 Å². The second kappa shape index (κ2) is 4.77. The van der Waals surface area contributed by atoms with E-state index in [0.29, 0.717) is 5.56 Å². The fraction of sp³-hybridized carbons (Fsp3) is 0. The van der Waals surface area contributed by atoms with Gasteiger partial charge in [0.15, 0.2) is 5.69 Å². The Labute approximate surface area is 110 Å². The molecule has 0 atom stereocenters. The first-order chi connectivity index (χ1) is 8.09. The van der Waals surface area contributed by atoms with Crippen LogP contribution >= 0.6 is 27.5 Å². The van der Waals surface area contributed by atoms with Crippen LogP contribution in [0.5, 0.6) is 0 Å². The molecule has 0 bridgehead atoms. The van der Waals surface area contributed by atoms with Crippen molar-refractivity contribution < 1.29 is 4.92 Å². The molecule has 0 saturated carbocycles. The molecule has 1 aromatic carbocycles. The van der Waals surface area contributed by atoms with E-state index >= 15 is 0 Å². The van der Waals surface area contributed by atoms with Crippen LogP contribution in [0.15, 0.2) is 35.1 Å². The lowest BCUT2D eigenvalue weighted by Crippen LogP contribution is -1.97. The third-order valence-electron chi connectivity index (χ3n) is 2.06. The van der Waals surface area contributed by atoms with Crippen LogP contribution in [0.2, 0.25) is 5.15 Å². The highest BCUT2D eigenvalue weighted by Gasteiger charge is 2.22. The monoisotopic (exact) mass is 313 g/mol. The van der Waals surface area contributed by atoms with E-state index in [1.807, 2.05) is 6.07 Å². The van der Waals surface area contributed by atoms with E-state index in [1.54, 1.807) is 18.2 Å². The Hall–Kier alpha value is -1.53. The molecule has 0 aliphatic rings. The van der Waals surface area contributed by atoms with Gasteiger partial charge in [0.1, 0.15) is 6.33 Å². The first kappa shape index (κ1) is 11.9. The van der Waals surface area contributed by atoms with Crippen LogP contribution in [-0.2, 0) is 0 Å². The third-order valence-corrected chi connectivity index (χ3v) is 2.83. The first-order valence-corrected chi connectivity index (χ1v) is 5.67. The van der Waals surface area contributed by atoms with Crippen molar-refractivity contribution in [1.29, 1.82) is 0 Å². The van der Waals surface area contributed by atoms with Gasteiger partial charge in [0.05, 0.1) is 4.92 Å². The number of aromatic nitrogens is 2. The Morgan fingerprint density at radius 2 is 2.12 bits per heavy atom. The molecular formula is C10H5BrClN3O2. The molecule has 5 nitrogen and oxygen atoms in total. The predicted octanol–water partition coefficient (Wildman–Crippen LogP) is 3.47. The molecule has 0 aliphatic heterocycles. The topological polar surface area (TPSA) is 68.9 Å². The maximum atomic E-state index is 10.9. The first-order valence-electron chi connectivity index (χ1n) is 4.50. The van der Waals surface area contributed by atoms with Crippen molar-refractivity contribution in [3.63, 3.8) is 0 Å². The van der Waals surface area contributed by atoms with E-state index in [0.717, 1.165) is 4.47 Å². The summed E-state index contributed by atoms with van der Waals surface area (Å²) in [7, 11) is 0. The van der Waals surface area contributed by atoms with E-state index in [4.69, 9.17) is 11.6 Å². The minimum absolute atomic E-state index is 0.167. The Kier molecular flexibility index (Phi) is 3.35. The maximum Gasteiger partial charge on any atom is 0.332 e. The molecular weight excluding hydrogens is 309 g/mol. The van der Waals surface area contributed by atoms with E-state index < -0.39 is 4.92 Å². The highest BCUT2D eigenvalue weighted by Crippen LogP contribution is 2.33. The van der Waals surface area contributed by atoms with Gasteiger partial charge in [0.25, 0.3) is 0 Å². The summed E-state index contributed by atoms with van der Waals surface area (Å²) >= 11 is 9.00. The lowest BCUT2D eigenvalue weighted by molar-refractivity contribution is -0.384. The molecule has 0 radical (unpaired) electrons. The third kappa shape index (κ3) is 2.42. The number of hydrogen-bond donors (Lipinski definition) is 0. The number of halogens is 2. The standard InChI is InChI=1S/C10H5BrClN3O2/c11-7-3-1-2-6(4-7)8-9(15(16)17)10(12)14-5-13-8/h1-5H. The summed E-state index contributed by atoms with van der Waals surface area (Å²) in [6, 6.07) is 7.03. The largest absolute Gasteiger partial charge is 0.332 e. The normalized spacial score (nSPS) is 10.2. The molecule has 86 valence electrons. The highest BCUT2D eigenvalue weighted by atomic mass is 79.9. The fourth-order valence-electron chi connectivity index (χ4n) is 1.37. The van der Waals surface area contributed by atoms with Gasteiger partial charge in [-0.15, -0.1) is 0 Å². The van der Waals surface area contributed by atoms with Gasteiger partial charge in [-0.25, -0.2) is 9.97 Å². The summed E-state index contributed by atoms with van der Waals surface area (Å²) in [6.45, 7) is 0. The number of nitrogens with zero attached hydrogens (tertiary/aromatic N) is 3. The Morgan fingerprint density at radius 3 is 2.76 bits per heavy atom. The molecule has 0 amide bonds. The van der Waals surface area contributed by atoms with Crippen molar-refractivity contribution in [2.24, 2.45) is 0 Å². The maximum absolute atomic E-state index is 10.9. The van der Waals surface area contributed by atoms with Gasteiger partial charge in [-0.3, -0.25) is 10.1 Å². The fourth-order valence-corrected chi connectivity index (χ4v) is 1.97. The molecule has 0 N–H and O–H groups in total. The molecule has 0 saturated heterocycles. The zero-order valence-corrected chi connectivity index (χ0v) is 10.6. The quantitative estimate of drug-likeness (QED) is 0.483. The lowest BCUT2D eigenvalue weighted by atomic mass is 10.1. The molecule has 2 rings (SSSR count). The van der Waals surface area contributed by atoms with Gasteiger partial charge in [-0.05, 0) is 12.1 Å². The molecule has 7 heteroatoms. The van der Waals surface area contributed by atoms with Gasteiger partial charge in [0.2, 0.25) is 5.15 Å². The van der Waals surface area contributed by atoms with Crippen LogP contribution in [0, 0.1) is 10.1 Å². The molecule has 1 heterocycles. The second-order valence-electron chi connectivity index (χ2n) is 3.13. The summed E-state index contributed by atoms with van der Waals surface area (Å²) < 4.78 is 0.805. The van der Waals surface area contributed by atoms with Crippen molar-refractivity contribution in [2.75, 3.05) is 0 Å². The van der Waals surface area contributed by atoms with E-state index in [2.05, 4.69) is 25.9 Å². The number of nitro groups is 1. The van der Waals surface area contributed by atoms with Crippen LogP contribution in [0.25, 0.3) is 11.3 Å². The van der Waals surface area contributed by atoms with Crippen LogP contribution in [0.3, 0.4) is 0 Å². The Balaban J connectivity index is 2.67. The van der Waals surface area contributed by atoms with Crippen molar-refractivity contribution in [3.8, 4) is 11.3 Å². The van der Waals surface area contributed by atoms with Gasteiger partial charge in [-0.1, -0.05) is 39.7 Å². The molecule has 17 heavy (non-hydrogen) atoms. The van der Waals surface area contributed by atoms with Crippen LogP contribution < -0.4 is 0 Å². The van der Waals surface area contributed by atoms with Crippen LogP contribution in [0.4, 0.5) is 5.69 Å². The summed E-state index contributed by atoms with van der Waals surface area (Å²) in [5, 5.41) is 10.8. The summed E-state index contributed by atoms with van der Waals surface area (Å²) in [5.41, 5.74) is 0.527. The zero-order chi connectivity index (χ0) is 12.4. The molecule has 0 unspecified atom stereocenters. The molecule has 2 aromatic rings. The average molecular weight is 315 g/mol. The number of rotatable bonds is 2. The molecule has 0 aliphatic carbocycles. The van der Waals surface area contributed by atoms with E-state index in [1.165, 1.54) is 6.33 Å². The highest BCUT2D eigenvalue weighted by molar-refractivity contribution is 9.10. The van der Waals surface area contributed by atoms with Gasteiger partial charge in [-0.2, -0.15) is 0 Å². The Bertz CT molecular complexity index is 592. The van der Waals surface area contributed by atoms with E-state index in [-0.39, 0.29) is 16.5 Å². The van der Waals surface area contributed by atoms with Gasteiger partial charge < -0.3 is 0 Å². The second-order valence-corrected chi connectivity index (χ2v) is 4.40.